The van der Waals surface area contributed by atoms with E-state index in [1.54, 1.807) is 0 Å². The minimum Gasteiger partial charge on any atom is -0.394 e. The third kappa shape index (κ3) is 2.31. The fraction of sp³-hybridized carbons (Fsp3) is 0.556. The van der Waals surface area contributed by atoms with Crippen molar-refractivity contribution in [2.75, 3.05) is 6.61 Å². The summed E-state index contributed by atoms with van der Waals surface area (Å²) in [4.78, 5) is 27.3. The summed E-state index contributed by atoms with van der Waals surface area (Å²) in [5.74, 6) is -0.379. The van der Waals surface area contributed by atoms with Gasteiger partial charge in [-0.3, -0.25) is 14.3 Å². The van der Waals surface area contributed by atoms with Crippen molar-refractivity contribution in [1.82, 2.24) is 9.55 Å². The van der Waals surface area contributed by atoms with Crippen LogP contribution in [0.25, 0.3) is 10.4 Å². The second-order valence-electron chi connectivity index (χ2n) is 4.09. The van der Waals surface area contributed by atoms with Crippen LogP contribution < -0.4 is 11.2 Å². The summed E-state index contributed by atoms with van der Waals surface area (Å²) in [6, 6.07) is 0.843. The highest BCUT2D eigenvalue weighted by molar-refractivity contribution is 5.26. The molecule has 2 heterocycles. The topological polar surface area (TPSA) is 174 Å². The lowest BCUT2D eigenvalue weighted by Gasteiger charge is -2.18. The molecule has 1 saturated heterocycles. The monoisotopic (exact) mass is 285 g/mol. The van der Waals surface area contributed by atoms with Gasteiger partial charge < -0.3 is 20.1 Å². The molecule has 1 aliphatic heterocycles. The second-order valence-corrected chi connectivity index (χ2v) is 4.09. The van der Waals surface area contributed by atoms with Gasteiger partial charge in [-0.2, -0.15) is 0 Å². The lowest BCUT2D eigenvalue weighted by Crippen LogP contribution is -2.37. The summed E-state index contributed by atoms with van der Waals surface area (Å²) < 4.78 is 5.84. The third-order valence-electron chi connectivity index (χ3n) is 2.87. The quantitative estimate of drug-likeness (QED) is 0.286. The molecule has 4 atom stereocenters. The molecular formula is C9H11N5O6. The summed E-state index contributed by atoms with van der Waals surface area (Å²) in [5.41, 5.74) is 6.65. The average molecular weight is 285 g/mol. The zero-order valence-electron chi connectivity index (χ0n) is 9.95. The number of nitrogens with zero attached hydrogens (tertiary/aromatic N) is 4. The highest BCUT2D eigenvalue weighted by Gasteiger charge is 2.44. The number of aliphatic hydroxyl groups excluding tert-OH is 3. The number of aromatic amines is 1. The van der Waals surface area contributed by atoms with Crippen molar-refractivity contribution in [2.24, 2.45) is 5.11 Å². The molecule has 1 aliphatic rings. The van der Waals surface area contributed by atoms with Crippen LogP contribution in [0.2, 0.25) is 0 Å². The van der Waals surface area contributed by atoms with Gasteiger partial charge in [-0.15, -0.1) is 0 Å². The molecule has 2 unspecified atom stereocenters. The van der Waals surface area contributed by atoms with Crippen LogP contribution in [0.15, 0.2) is 20.8 Å². The standard InChI is InChI=1S/C9H11N5O6/c10-13-12-4-1-5(16)11-9(19)14(4)8-7(18)6(17)3(2-15)20-8/h1,3,6-8,15,17-18H,2H2,(H,11,16,19)/t3-,6?,7?,8-/m1/s1. The molecule has 2 rings (SSSR count). The summed E-state index contributed by atoms with van der Waals surface area (Å²) in [7, 11) is 0. The largest absolute Gasteiger partial charge is 0.394 e. The Labute approximate surface area is 110 Å². The first-order valence-electron chi connectivity index (χ1n) is 5.53. The molecule has 1 fully saturated rings. The zero-order valence-corrected chi connectivity index (χ0v) is 9.95. The molecule has 0 spiro atoms. The lowest BCUT2D eigenvalue weighted by atomic mass is 10.1. The number of aliphatic hydroxyl groups is 3. The number of H-pyrrole nitrogens is 1. The smallest absolute Gasteiger partial charge is 0.330 e. The zero-order chi connectivity index (χ0) is 14.9. The SMILES string of the molecule is [N-]=[N+]=Nc1cc(=O)[nH]c(=O)n1[C@@H]1O[C@H](CO)C(O)C1O. The van der Waals surface area contributed by atoms with E-state index < -0.39 is 42.4 Å². The maximum atomic E-state index is 11.8. The van der Waals surface area contributed by atoms with Crippen molar-refractivity contribution in [3.8, 4) is 0 Å². The van der Waals surface area contributed by atoms with Crippen LogP contribution in [0.1, 0.15) is 6.23 Å². The summed E-state index contributed by atoms with van der Waals surface area (Å²) in [5, 5.41) is 31.6. The van der Waals surface area contributed by atoms with Gasteiger partial charge in [0.2, 0.25) is 0 Å². The van der Waals surface area contributed by atoms with Gasteiger partial charge in [-0.25, -0.2) is 4.79 Å². The van der Waals surface area contributed by atoms with Crippen LogP contribution in [0.5, 0.6) is 0 Å². The number of hydrogen-bond acceptors (Lipinski definition) is 7. The van der Waals surface area contributed by atoms with Crippen molar-refractivity contribution in [1.29, 1.82) is 0 Å². The van der Waals surface area contributed by atoms with Crippen LogP contribution in [0.4, 0.5) is 5.82 Å². The van der Waals surface area contributed by atoms with Crippen LogP contribution >= 0.6 is 0 Å². The van der Waals surface area contributed by atoms with E-state index in [4.69, 9.17) is 15.4 Å². The van der Waals surface area contributed by atoms with Gasteiger partial charge in [0.1, 0.15) is 24.1 Å². The molecular weight excluding hydrogens is 274 g/mol. The Balaban J connectivity index is 2.56. The molecule has 0 saturated carbocycles. The molecule has 1 aromatic heterocycles. The van der Waals surface area contributed by atoms with E-state index in [1.165, 1.54) is 0 Å². The Hall–Kier alpha value is -2.17. The highest BCUT2D eigenvalue weighted by Crippen LogP contribution is 2.30. The van der Waals surface area contributed by atoms with Crippen LogP contribution in [-0.2, 0) is 4.74 Å². The number of nitrogens with one attached hydrogen (secondary N) is 1. The van der Waals surface area contributed by atoms with E-state index in [1.807, 2.05) is 4.98 Å². The van der Waals surface area contributed by atoms with E-state index in [0.717, 1.165) is 6.07 Å². The van der Waals surface area contributed by atoms with Gasteiger partial charge >= 0.3 is 5.69 Å². The van der Waals surface area contributed by atoms with Gasteiger partial charge in [0.15, 0.2) is 6.23 Å². The molecule has 11 nitrogen and oxygen atoms in total. The predicted molar refractivity (Wildman–Crippen MR) is 63.1 cm³/mol. The van der Waals surface area contributed by atoms with Gasteiger partial charge in [-0.05, 0) is 10.6 Å². The molecule has 11 heteroatoms. The Morgan fingerprint density at radius 3 is 2.70 bits per heavy atom. The Morgan fingerprint density at radius 1 is 1.45 bits per heavy atom. The maximum absolute atomic E-state index is 11.8. The molecule has 108 valence electrons. The predicted octanol–water partition coefficient (Wildman–Crippen LogP) is -1.91. The fourth-order valence-electron chi connectivity index (χ4n) is 1.95. The maximum Gasteiger partial charge on any atom is 0.330 e. The molecule has 0 bridgehead atoms. The first-order valence-corrected chi connectivity index (χ1v) is 5.53. The van der Waals surface area contributed by atoms with Crippen LogP contribution in [-0.4, -0.2) is 49.8 Å². The van der Waals surface area contributed by atoms with Gasteiger partial charge in [0.05, 0.1) is 6.61 Å². The van der Waals surface area contributed by atoms with E-state index in [9.17, 15) is 19.8 Å². The van der Waals surface area contributed by atoms with Crippen LogP contribution in [0.3, 0.4) is 0 Å². The Bertz CT molecular complexity index is 662. The van der Waals surface area contributed by atoms with Crippen molar-refractivity contribution < 1.29 is 20.1 Å². The van der Waals surface area contributed by atoms with Crippen molar-refractivity contribution in [2.45, 2.75) is 24.5 Å². The van der Waals surface area contributed by atoms with Gasteiger partial charge in [0.25, 0.3) is 5.56 Å². The number of azide groups is 1. The minimum atomic E-state index is -1.54. The van der Waals surface area contributed by atoms with E-state index >= 15 is 0 Å². The van der Waals surface area contributed by atoms with Crippen molar-refractivity contribution in [3.63, 3.8) is 0 Å². The normalized spacial score (nSPS) is 29.1. The molecule has 20 heavy (non-hydrogen) atoms. The Morgan fingerprint density at radius 2 is 2.15 bits per heavy atom. The van der Waals surface area contributed by atoms with E-state index in [-0.39, 0.29) is 5.82 Å². The molecule has 0 aliphatic carbocycles. The fourth-order valence-corrected chi connectivity index (χ4v) is 1.95. The molecule has 0 aromatic carbocycles. The number of ether oxygens (including phenoxy) is 1. The minimum absolute atomic E-state index is 0.379. The number of rotatable bonds is 3. The summed E-state index contributed by atoms with van der Waals surface area (Å²) >= 11 is 0. The molecule has 0 amide bonds. The van der Waals surface area contributed by atoms with Gasteiger partial charge in [-0.1, -0.05) is 0 Å². The van der Waals surface area contributed by atoms with E-state index in [0.29, 0.717) is 4.57 Å². The third-order valence-corrected chi connectivity index (χ3v) is 2.87. The van der Waals surface area contributed by atoms with Gasteiger partial charge in [0, 0.05) is 11.0 Å². The van der Waals surface area contributed by atoms with Crippen molar-refractivity contribution in [3.05, 3.63) is 37.3 Å². The number of hydrogen-bond donors (Lipinski definition) is 4. The average Bonchev–Trinajstić information content (AvgIpc) is 2.66. The van der Waals surface area contributed by atoms with Crippen LogP contribution in [0, 0.1) is 0 Å². The Kier molecular flexibility index (Phi) is 3.88. The first-order chi connectivity index (χ1) is 9.49. The van der Waals surface area contributed by atoms with Crippen molar-refractivity contribution >= 4 is 5.82 Å². The van der Waals surface area contributed by atoms with E-state index in [2.05, 4.69) is 10.0 Å². The molecule has 0 radical (unpaired) electrons. The number of aromatic nitrogens is 2. The second kappa shape index (κ2) is 5.45. The lowest BCUT2D eigenvalue weighted by molar-refractivity contribution is -0.0541. The molecule has 4 N–H and O–H groups in total. The first kappa shape index (κ1) is 14.2. The highest BCUT2D eigenvalue weighted by atomic mass is 16.6. The summed E-state index contributed by atoms with van der Waals surface area (Å²) in [6.07, 6.45) is -5.47. The molecule has 1 aromatic rings. The summed E-state index contributed by atoms with van der Waals surface area (Å²) in [6.45, 7) is -0.580.